The molecule has 0 saturated heterocycles. The number of rotatable bonds is 7. The van der Waals surface area contributed by atoms with E-state index < -0.39 is 0 Å². The summed E-state index contributed by atoms with van der Waals surface area (Å²) in [5.41, 5.74) is 1.02. The lowest BCUT2D eigenvalue weighted by atomic mass is 10.1. The number of carbonyl (C=O) groups is 1. The average Bonchev–Trinajstić information content (AvgIpc) is 3.09. The van der Waals surface area contributed by atoms with Crippen LogP contribution in [0.5, 0.6) is 11.5 Å². The molecule has 26 heavy (non-hydrogen) atoms. The standard InChI is InChI=1S/C19H17ClN2O3S/c1-24-16-8-4-5-9-17(16)25-12-18(23)22-19-21-11-14(26-19)10-13-6-2-3-7-15(13)20/h2-9,11H,10,12H2,1H3,(H,21,22,23). The van der Waals surface area contributed by atoms with E-state index in [9.17, 15) is 4.79 Å². The van der Waals surface area contributed by atoms with Crippen molar-refractivity contribution in [2.24, 2.45) is 0 Å². The Kier molecular flexibility index (Phi) is 6.09. The number of para-hydroxylation sites is 2. The number of nitrogens with zero attached hydrogens (tertiary/aromatic N) is 1. The lowest BCUT2D eigenvalue weighted by molar-refractivity contribution is -0.118. The van der Waals surface area contributed by atoms with Crippen LogP contribution in [0.15, 0.2) is 54.7 Å². The van der Waals surface area contributed by atoms with Gasteiger partial charge in [0, 0.05) is 22.5 Å². The van der Waals surface area contributed by atoms with Gasteiger partial charge in [0.05, 0.1) is 7.11 Å². The van der Waals surface area contributed by atoms with Gasteiger partial charge in [-0.25, -0.2) is 4.98 Å². The van der Waals surface area contributed by atoms with E-state index in [1.54, 1.807) is 25.4 Å². The van der Waals surface area contributed by atoms with Crippen molar-refractivity contribution < 1.29 is 14.3 Å². The summed E-state index contributed by atoms with van der Waals surface area (Å²) in [6.07, 6.45) is 2.41. The van der Waals surface area contributed by atoms with Gasteiger partial charge in [-0.1, -0.05) is 41.9 Å². The lowest BCUT2D eigenvalue weighted by Gasteiger charge is -2.09. The van der Waals surface area contributed by atoms with Crippen molar-refractivity contribution in [2.75, 3.05) is 19.0 Å². The van der Waals surface area contributed by atoms with Crippen molar-refractivity contribution in [3.63, 3.8) is 0 Å². The number of ether oxygens (including phenoxy) is 2. The lowest BCUT2D eigenvalue weighted by Crippen LogP contribution is -2.20. The van der Waals surface area contributed by atoms with Gasteiger partial charge in [-0.3, -0.25) is 10.1 Å². The van der Waals surface area contributed by atoms with E-state index in [2.05, 4.69) is 10.3 Å². The molecule has 2 aromatic carbocycles. The second-order valence-electron chi connectivity index (χ2n) is 5.39. The molecule has 0 unspecified atom stereocenters. The van der Waals surface area contributed by atoms with Gasteiger partial charge in [-0.15, -0.1) is 11.3 Å². The molecular weight excluding hydrogens is 372 g/mol. The molecule has 1 aromatic heterocycles. The molecule has 5 nitrogen and oxygen atoms in total. The van der Waals surface area contributed by atoms with Crippen molar-refractivity contribution >= 4 is 34.0 Å². The molecule has 1 heterocycles. The first kappa shape index (κ1) is 18.2. The number of methoxy groups -OCH3 is 1. The minimum Gasteiger partial charge on any atom is -0.493 e. The van der Waals surface area contributed by atoms with E-state index >= 15 is 0 Å². The van der Waals surface area contributed by atoms with Crippen LogP contribution in [0, 0.1) is 0 Å². The Morgan fingerprint density at radius 2 is 1.88 bits per heavy atom. The van der Waals surface area contributed by atoms with Crippen LogP contribution in [0.25, 0.3) is 0 Å². The number of amides is 1. The monoisotopic (exact) mass is 388 g/mol. The number of carbonyl (C=O) groups excluding carboxylic acids is 1. The fourth-order valence-corrected chi connectivity index (χ4v) is 3.37. The number of anilines is 1. The number of hydrogen-bond acceptors (Lipinski definition) is 5. The van der Waals surface area contributed by atoms with Crippen LogP contribution in [0.3, 0.4) is 0 Å². The summed E-state index contributed by atoms with van der Waals surface area (Å²) in [4.78, 5) is 17.3. The van der Waals surface area contributed by atoms with Gasteiger partial charge >= 0.3 is 0 Å². The van der Waals surface area contributed by atoms with E-state index in [0.29, 0.717) is 23.1 Å². The smallest absolute Gasteiger partial charge is 0.264 e. The summed E-state index contributed by atoms with van der Waals surface area (Å²) in [7, 11) is 1.55. The SMILES string of the molecule is COc1ccccc1OCC(=O)Nc1ncc(Cc2ccccc2Cl)s1. The molecule has 7 heteroatoms. The maximum absolute atomic E-state index is 12.1. The van der Waals surface area contributed by atoms with Gasteiger partial charge in [0.2, 0.25) is 0 Å². The molecule has 0 aliphatic rings. The summed E-state index contributed by atoms with van der Waals surface area (Å²) < 4.78 is 10.7. The van der Waals surface area contributed by atoms with E-state index in [1.165, 1.54) is 11.3 Å². The van der Waals surface area contributed by atoms with E-state index in [1.807, 2.05) is 36.4 Å². The Hall–Kier alpha value is -2.57. The maximum atomic E-state index is 12.1. The predicted octanol–water partition coefficient (Wildman–Crippen LogP) is 4.41. The van der Waals surface area contributed by atoms with E-state index in [4.69, 9.17) is 21.1 Å². The van der Waals surface area contributed by atoms with Crippen molar-refractivity contribution in [1.29, 1.82) is 0 Å². The van der Waals surface area contributed by atoms with Gasteiger partial charge < -0.3 is 9.47 Å². The molecule has 0 saturated carbocycles. The third-order valence-electron chi connectivity index (χ3n) is 3.55. The molecule has 0 spiro atoms. The minimum atomic E-state index is -0.283. The molecule has 0 aliphatic carbocycles. The van der Waals surface area contributed by atoms with Crippen LogP contribution in [-0.4, -0.2) is 24.6 Å². The number of halogens is 1. The fourth-order valence-electron chi connectivity index (χ4n) is 2.31. The number of thiazole rings is 1. The summed E-state index contributed by atoms with van der Waals surface area (Å²) >= 11 is 7.59. The first-order chi connectivity index (χ1) is 12.7. The molecule has 1 N–H and O–H groups in total. The normalized spacial score (nSPS) is 10.4. The molecule has 0 atom stereocenters. The molecule has 3 aromatic rings. The molecule has 3 rings (SSSR count). The van der Waals surface area contributed by atoms with Crippen molar-refractivity contribution in [2.45, 2.75) is 6.42 Å². The molecule has 134 valence electrons. The summed E-state index contributed by atoms with van der Waals surface area (Å²) in [5.74, 6) is 0.815. The zero-order valence-corrected chi connectivity index (χ0v) is 15.6. The summed E-state index contributed by atoms with van der Waals surface area (Å²) in [6, 6.07) is 14.8. The van der Waals surface area contributed by atoms with Gasteiger partial charge in [0.1, 0.15) is 0 Å². The van der Waals surface area contributed by atoms with Gasteiger partial charge in [-0.05, 0) is 23.8 Å². The minimum absolute atomic E-state index is 0.125. The van der Waals surface area contributed by atoms with Crippen LogP contribution in [0.2, 0.25) is 5.02 Å². The van der Waals surface area contributed by atoms with Gasteiger partial charge in [0.25, 0.3) is 5.91 Å². The molecule has 0 radical (unpaired) electrons. The van der Waals surface area contributed by atoms with E-state index in [-0.39, 0.29) is 12.5 Å². The van der Waals surface area contributed by atoms with Crippen molar-refractivity contribution in [3.8, 4) is 11.5 Å². The Balaban J connectivity index is 1.55. The molecular formula is C19H17ClN2O3S. The number of hydrogen-bond donors (Lipinski definition) is 1. The average molecular weight is 389 g/mol. The highest BCUT2D eigenvalue weighted by molar-refractivity contribution is 7.15. The molecule has 0 aliphatic heterocycles. The molecule has 0 bridgehead atoms. The number of nitrogens with one attached hydrogen (secondary N) is 1. The highest BCUT2D eigenvalue weighted by Crippen LogP contribution is 2.26. The van der Waals surface area contributed by atoms with Crippen LogP contribution in [0.1, 0.15) is 10.4 Å². The van der Waals surface area contributed by atoms with Crippen molar-refractivity contribution in [3.05, 3.63) is 70.2 Å². The Morgan fingerprint density at radius 1 is 1.15 bits per heavy atom. The molecule has 0 fully saturated rings. The second kappa shape index (κ2) is 8.69. The first-order valence-corrected chi connectivity index (χ1v) is 9.09. The number of aromatic nitrogens is 1. The topological polar surface area (TPSA) is 60.5 Å². The third kappa shape index (κ3) is 4.74. The van der Waals surface area contributed by atoms with Crippen LogP contribution >= 0.6 is 22.9 Å². The quantitative estimate of drug-likeness (QED) is 0.651. The maximum Gasteiger partial charge on any atom is 0.264 e. The fraction of sp³-hybridized carbons (Fsp3) is 0.158. The zero-order valence-electron chi connectivity index (χ0n) is 14.1. The number of benzene rings is 2. The second-order valence-corrected chi connectivity index (χ2v) is 6.91. The first-order valence-electron chi connectivity index (χ1n) is 7.89. The van der Waals surface area contributed by atoms with Crippen LogP contribution < -0.4 is 14.8 Å². The predicted molar refractivity (Wildman–Crippen MR) is 103 cm³/mol. The molecule has 1 amide bonds. The largest absolute Gasteiger partial charge is 0.493 e. The van der Waals surface area contributed by atoms with Crippen LogP contribution in [0.4, 0.5) is 5.13 Å². The summed E-state index contributed by atoms with van der Waals surface area (Å²) in [6.45, 7) is -0.125. The Labute approximate surface area is 160 Å². The van der Waals surface area contributed by atoms with E-state index in [0.717, 1.165) is 15.5 Å². The Bertz CT molecular complexity index is 898. The van der Waals surface area contributed by atoms with Crippen molar-refractivity contribution in [1.82, 2.24) is 4.98 Å². The zero-order chi connectivity index (χ0) is 18.4. The summed E-state index contributed by atoms with van der Waals surface area (Å²) in [5, 5.41) is 3.99. The highest BCUT2D eigenvalue weighted by atomic mass is 35.5. The van der Waals surface area contributed by atoms with Crippen LogP contribution in [-0.2, 0) is 11.2 Å². The third-order valence-corrected chi connectivity index (χ3v) is 4.83. The highest BCUT2D eigenvalue weighted by Gasteiger charge is 2.10. The van der Waals surface area contributed by atoms with Gasteiger partial charge in [-0.2, -0.15) is 0 Å². The van der Waals surface area contributed by atoms with Gasteiger partial charge in [0.15, 0.2) is 23.2 Å². The Morgan fingerprint density at radius 3 is 2.65 bits per heavy atom.